The molecule has 0 fully saturated rings. The Hall–Kier alpha value is -1.88. The van der Waals surface area contributed by atoms with Crippen molar-refractivity contribution in [3.05, 3.63) is 34.6 Å². The second-order valence-electron chi connectivity index (χ2n) is 5.12. The molecule has 1 aliphatic rings. The molecule has 0 radical (unpaired) electrons. The molecule has 2 rings (SSSR count). The number of H-pyrrole nitrogens is 1. The Bertz CT molecular complexity index is 645. The van der Waals surface area contributed by atoms with Crippen LogP contribution in [0.5, 0.6) is 0 Å². The molecule has 1 aromatic heterocycles. The van der Waals surface area contributed by atoms with Crippen molar-refractivity contribution in [2.45, 2.75) is 26.3 Å². The molecule has 0 amide bonds. The SMILES string of the molecule is Cc1cc(Cl)[nH]c1C(=O)C1=NC(C)(C(C)C(=O)O)C=C1. The van der Waals surface area contributed by atoms with E-state index in [4.69, 9.17) is 16.7 Å². The first kappa shape index (κ1) is 14.5. The second-order valence-corrected chi connectivity index (χ2v) is 5.53. The molecule has 5 nitrogen and oxygen atoms in total. The number of carbonyl (C=O) groups excluding carboxylic acids is 1. The van der Waals surface area contributed by atoms with Crippen LogP contribution in [0.1, 0.15) is 29.9 Å². The lowest BCUT2D eigenvalue weighted by Crippen LogP contribution is -2.33. The van der Waals surface area contributed by atoms with Crippen molar-refractivity contribution in [1.29, 1.82) is 0 Å². The maximum absolute atomic E-state index is 12.3. The summed E-state index contributed by atoms with van der Waals surface area (Å²) >= 11 is 5.82. The summed E-state index contributed by atoms with van der Waals surface area (Å²) in [5, 5.41) is 9.47. The van der Waals surface area contributed by atoms with Crippen LogP contribution >= 0.6 is 11.6 Å². The van der Waals surface area contributed by atoms with Crippen LogP contribution in [0.3, 0.4) is 0 Å². The number of hydrogen-bond donors (Lipinski definition) is 2. The maximum atomic E-state index is 12.3. The molecule has 2 heterocycles. The van der Waals surface area contributed by atoms with Crippen LogP contribution in [0.15, 0.2) is 23.2 Å². The third-order valence-corrected chi connectivity index (χ3v) is 3.83. The van der Waals surface area contributed by atoms with E-state index in [0.717, 1.165) is 5.56 Å². The van der Waals surface area contributed by atoms with Crippen molar-refractivity contribution in [3.8, 4) is 0 Å². The first-order valence-corrected chi connectivity index (χ1v) is 6.54. The van der Waals surface area contributed by atoms with Crippen molar-refractivity contribution in [3.63, 3.8) is 0 Å². The molecule has 20 heavy (non-hydrogen) atoms. The van der Waals surface area contributed by atoms with Crippen LogP contribution < -0.4 is 0 Å². The maximum Gasteiger partial charge on any atom is 0.309 e. The Balaban J connectivity index is 2.32. The van der Waals surface area contributed by atoms with Crippen molar-refractivity contribution in [2.75, 3.05) is 0 Å². The zero-order valence-corrected chi connectivity index (χ0v) is 12.2. The van der Waals surface area contributed by atoms with Crippen LogP contribution in [-0.2, 0) is 4.79 Å². The highest BCUT2D eigenvalue weighted by molar-refractivity contribution is 6.50. The number of hydrogen-bond acceptors (Lipinski definition) is 3. The summed E-state index contributed by atoms with van der Waals surface area (Å²) in [5.74, 6) is -1.95. The predicted octanol–water partition coefficient (Wildman–Crippen LogP) is 2.65. The van der Waals surface area contributed by atoms with Gasteiger partial charge < -0.3 is 10.1 Å². The second kappa shape index (κ2) is 4.90. The third kappa shape index (κ3) is 2.41. The summed E-state index contributed by atoms with van der Waals surface area (Å²) in [6.45, 7) is 5.03. The molecular formula is C14H15ClN2O3. The number of nitrogens with zero attached hydrogens (tertiary/aromatic N) is 1. The van der Waals surface area contributed by atoms with Gasteiger partial charge in [-0.05, 0) is 38.5 Å². The zero-order chi connectivity index (χ0) is 15.1. The van der Waals surface area contributed by atoms with Crippen LogP contribution in [0.4, 0.5) is 0 Å². The molecule has 1 aromatic rings. The van der Waals surface area contributed by atoms with Crippen LogP contribution in [0.2, 0.25) is 5.15 Å². The Morgan fingerprint density at radius 1 is 1.50 bits per heavy atom. The van der Waals surface area contributed by atoms with Crippen molar-refractivity contribution >= 4 is 29.1 Å². The average Bonchev–Trinajstić information content (AvgIpc) is 2.92. The Morgan fingerprint density at radius 2 is 2.15 bits per heavy atom. The Labute approximate surface area is 121 Å². The van der Waals surface area contributed by atoms with Gasteiger partial charge in [0, 0.05) is 0 Å². The first-order chi connectivity index (χ1) is 9.24. The number of carbonyl (C=O) groups is 2. The molecular weight excluding hydrogens is 280 g/mol. The van der Waals surface area contributed by atoms with E-state index in [2.05, 4.69) is 9.98 Å². The number of aryl methyl sites for hydroxylation is 1. The van der Waals surface area contributed by atoms with Gasteiger partial charge in [-0.2, -0.15) is 0 Å². The van der Waals surface area contributed by atoms with Crippen LogP contribution in [0, 0.1) is 12.8 Å². The molecule has 106 valence electrons. The highest BCUT2D eigenvalue weighted by Gasteiger charge is 2.37. The lowest BCUT2D eigenvalue weighted by atomic mass is 9.88. The smallest absolute Gasteiger partial charge is 0.309 e. The summed E-state index contributed by atoms with van der Waals surface area (Å²) in [7, 11) is 0. The number of allylic oxidation sites excluding steroid dienone is 1. The third-order valence-electron chi connectivity index (χ3n) is 3.63. The monoisotopic (exact) mass is 294 g/mol. The fraction of sp³-hybridized carbons (Fsp3) is 0.357. The van der Waals surface area contributed by atoms with E-state index in [1.54, 1.807) is 39.0 Å². The molecule has 2 atom stereocenters. The molecule has 2 unspecified atom stereocenters. The van der Waals surface area contributed by atoms with E-state index in [9.17, 15) is 9.59 Å². The number of nitrogens with one attached hydrogen (secondary N) is 1. The van der Waals surface area contributed by atoms with Gasteiger partial charge in [-0.1, -0.05) is 17.7 Å². The van der Waals surface area contributed by atoms with Gasteiger partial charge in [0.25, 0.3) is 0 Å². The van der Waals surface area contributed by atoms with E-state index in [1.807, 2.05) is 0 Å². The van der Waals surface area contributed by atoms with E-state index in [0.29, 0.717) is 10.8 Å². The number of carboxylic acid groups (broad SMARTS) is 1. The highest BCUT2D eigenvalue weighted by Crippen LogP contribution is 2.29. The number of ketones is 1. The average molecular weight is 295 g/mol. The van der Waals surface area contributed by atoms with Crippen LogP contribution in [-0.4, -0.2) is 33.1 Å². The van der Waals surface area contributed by atoms with Gasteiger partial charge in [0.15, 0.2) is 0 Å². The van der Waals surface area contributed by atoms with E-state index in [1.165, 1.54) is 0 Å². The largest absolute Gasteiger partial charge is 0.481 e. The number of aliphatic carboxylic acids is 1. The number of carboxylic acids is 1. The fourth-order valence-corrected chi connectivity index (χ4v) is 2.34. The summed E-state index contributed by atoms with van der Waals surface area (Å²) in [6, 6.07) is 1.66. The first-order valence-electron chi connectivity index (χ1n) is 6.16. The van der Waals surface area contributed by atoms with E-state index < -0.39 is 17.4 Å². The molecule has 1 aliphatic heterocycles. The van der Waals surface area contributed by atoms with Gasteiger partial charge in [0.1, 0.15) is 10.9 Å². The standard InChI is InChI=1S/C14H15ClN2O3/c1-7-6-10(15)16-11(7)12(18)9-4-5-14(3,17-9)8(2)13(19)20/h4-6,8,16H,1-3H3,(H,19,20). The number of aliphatic imine (C=N–C) groups is 1. The summed E-state index contributed by atoms with van der Waals surface area (Å²) in [4.78, 5) is 30.5. The van der Waals surface area contributed by atoms with E-state index >= 15 is 0 Å². The van der Waals surface area contributed by atoms with Gasteiger partial charge >= 0.3 is 5.97 Å². The van der Waals surface area contributed by atoms with Gasteiger partial charge in [-0.25, -0.2) is 0 Å². The predicted molar refractivity (Wildman–Crippen MR) is 76.7 cm³/mol. The molecule has 0 saturated heterocycles. The van der Waals surface area contributed by atoms with Gasteiger partial charge in [0.05, 0.1) is 17.2 Å². The number of aromatic amines is 1. The van der Waals surface area contributed by atoms with Crippen molar-refractivity contribution in [1.82, 2.24) is 4.98 Å². The van der Waals surface area contributed by atoms with Gasteiger partial charge in [-0.15, -0.1) is 0 Å². The summed E-state index contributed by atoms with van der Waals surface area (Å²) < 4.78 is 0. The van der Waals surface area contributed by atoms with Crippen molar-refractivity contribution < 1.29 is 14.7 Å². The van der Waals surface area contributed by atoms with Crippen LogP contribution in [0.25, 0.3) is 0 Å². The molecule has 0 aliphatic carbocycles. The zero-order valence-electron chi connectivity index (χ0n) is 11.4. The molecule has 0 aromatic carbocycles. The Morgan fingerprint density at radius 3 is 2.65 bits per heavy atom. The minimum absolute atomic E-state index is 0.238. The summed E-state index contributed by atoms with van der Waals surface area (Å²) in [6.07, 6.45) is 3.22. The number of Topliss-reactive ketones (excluding diaryl/α,β-unsaturated/α-hetero) is 1. The lowest BCUT2D eigenvalue weighted by Gasteiger charge is -2.22. The molecule has 2 N–H and O–H groups in total. The molecule has 0 saturated carbocycles. The number of aromatic nitrogens is 1. The number of halogens is 1. The topological polar surface area (TPSA) is 82.5 Å². The normalized spacial score (nSPS) is 22.7. The minimum Gasteiger partial charge on any atom is -0.481 e. The summed E-state index contributed by atoms with van der Waals surface area (Å²) in [5.41, 5.74) is 0.449. The Kier molecular flexibility index (Phi) is 3.56. The fourth-order valence-electron chi connectivity index (χ4n) is 2.08. The van der Waals surface area contributed by atoms with Gasteiger partial charge in [-0.3, -0.25) is 14.6 Å². The lowest BCUT2D eigenvalue weighted by molar-refractivity contribution is -0.142. The van der Waals surface area contributed by atoms with Gasteiger partial charge in [0.2, 0.25) is 5.78 Å². The molecule has 0 spiro atoms. The molecule has 6 heteroatoms. The quantitative estimate of drug-likeness (QED) is 0.838. The van der Waals surface area contributed by atoms with E-state index in [-0.39, 0.29) is 11.5 Å². The minimum atomic E-state index is -0.950. The number of rotatable bonds is 4. The van der Waals surface area contributed by atoms with Crippen molar-refractivity contribution in [2.24, 2.45) is 10.9 Å². The molecule has 0 bridgehead atoms. The highest BCUT2D eigenvalue weighted by atomic mass is 35.5.